The molecule has 1 fully saturated rings. The van der Waals surface area contributed by atoms with Gasteiger partial charge in [-0.05, 0) is 53.6 Å². The first-order valence-electron chi connectivity index (χ1n) is 9.29. The van der Waals surface area contributed by atoms with E-state index in [2.05, 4.69) is 32.6 Å². The highest BCUT2D eigenvalue weighted by Crippen LogP contribution is 2.35. The molecule has 1 aromatic heterocycles. The molecule has 9 heteroatoms. The lowest BCUT2D eigenvalue weighted by atomic mass is 10.0. The monoisotopic (exact) mass is 403 g/mol. The molecule has 2 aromatic carbocycles. The molecule has 0 aliphatic carbocycles. The number of rotatable bonds is 5. The number of likely N-dealkylation sites (tertiary alicyclic amines) is 1. The van der Waals surface area contributed by atoms with Gasteiger partial charge in [0.2, 0.25) is 0 Å². The Hall–Kier alpha value is -2.94. The summed E-state index contributed by atoms with van der Waals surface area (Å²) < 4.78 is 45.7. The van der Waals surface area contributed by atoms with E-state index in [-0.39, 0.29) is 11.7 Å². The van der Waals surface area contributed by atoms with Gasteiger partial charge in [-0.2, -0.15) is 17.9 Å². The Balaban J connectivity index is 1.66. The standard InChI is InChI=1S/C20H20F3N5O/c1-29-18-10-9-16(28-19(20(21,22)23)24-25-26-28)12-15(18)13-27-11-5-8-17(27)14-6-3-2-4-7-14/h2-4,6-7,9-10,12,17H,5,8,11,13H2,1H3. The minimum atomic E-state index is -4.64. The molecule has 3 aromatic rings. The molecule has 0 spiro atoms. The van der Waals surface area contributed by atoms with E-state index in [1.807, 2.05) is 18.2 Å². The fraction of sp³-hybridized carbons (Fsp3) is 0.350. The molecule has 1 unspecified atom stereocenters. The quantitative estimate of drug-likeness (QED) is 0.644. The van der Waals surface area contributed by atoms with E-state index in [4.69, 9.17) is 4.74 Å². The largest absolute Gasteiger partial charge is 0.496 e. The number of nitrogens with zero attached hydrogens (tertiary/aromatic N) is 5. The zero-order valence-electron chi connectivity index (χ0n) is 15.8. The van der Waals surface area contributed by atoms with Crippen LogP contribution < -0.4 is 4.74 Å². The Morgan fingerprint density at radius 3 is 2.66 bits per heavy atom. The molecule has 0 amide bonds. The van der Waals surface area contributed by atoms with Crippen LogP contribution >= 0.6 is 0 Å². The zero-order chi connectivity index (χ0) is 20.4. The molecule has 0 radical (unpaired) electrons. The number of halogens is 3. The summed E-state index contributed by atoms with van der Waals surface area (Å²) in [4.78, 5) is 2.32. The fourth-order valence-corrected chi connectivity index (χ4v) is 3.84. The van der Waals surface area contributed by atoms with E-state index in [0.29, 0.717) is 17.0 Å². The van der Waals surface area contributed by atoms with Gasteiger partial charge >= 0.3 is 6.18 Å². The van der Waals surface area contributed by atoms with E-state index in [1.54, 1.807) is 19.2 Å². The molecule has 1 atom stereocenters. The van der Waals surface area contributed by atoms with Crippen LogP contribution in [0.1, 0.15) is 35.8 Å². The Labute approximate surface area is 165 Å². The molecule has 1 aliphatic rings. The maximum atomic E-state index is 13.2. The molecule has 29 heavy (non-hydrogen) atoms. The van der Waals surface area contributed by atoms with Crippen molar-refractivity contribution >= 4 is 0 Å². The number of ether oxygens (including phenoxy) is 1. The highest BCUT2D eigenvalue weighted by molar-refractivity contribution is 5.44. The van der Waals surface area contributed by atoms with Gasteiger partial charge in [-0.1, -0.05) is 30.3 Å². The van der Waals surface area contributed by atoms with Gasteiger partial charge in [0.25, 0.3) is 5.82 Å². The van der Waals surface area contributed by atoms with Gasteiger partial charge in [-0.15, -0.1) is 5.10 Å². The van der Waals surface area contributed by atoms with E-state index in [1.165, 1.54) is 11.6 Å². The number of benzene rings is 2. The fourth-order valence-electron chi connectivity index (χ4n) is 3.84. The summed E-state index contributed by atoms with van der Waals surface area (Å²) in [5.74, 6) is -0.536. The summed E-state index contributed by atoms with van der Waals surface area (Å²) >= 11 is 0. The van der Waals surface area contributed by atoms with E-state index < -0.39 is 12.0 Å². The molecular weight excluding hydrogens is 383 g/mol. The molecule has 0 N–H and O–H groups in total. The van der Waals surface area contributed by atoms with Crippen molar-refractivity contribution in [3.63, 3.8) is 0 Å². The predicted octanol–water partition coefficient (Wildman–Crippen LogP) is 4.03. The molecule has 4 rings (SSSR count). The maximum Gasteiger partial charge on any atom is 0.453 e. The lowest BCUT2D eigenvalue weighted by molar-refractivity contribution is -0.146. The highest BCUT2D eigenvalue weighted by atomic mass is 19.4. The number of hydrogen-bond acceptors (Lipinski definition) is 5. The van der Waals surface area contributed by atoms with Crippen LogP contribution in [-0.4, -0.2) is 38.8 Å². The average molecular weight is 403 g/mol. The predicted molar refractivity (Wildman–Crippen MR) is 99.5 cm³/mol. The average Bonchev–Trinajstić information content (AvgIpc) is 3.38. The lowest BCUT2D eigenvalue weighted by Crippen LogP contribution is -2.23. The summed E-state index contributed by atoms with van der Waals surface area (Å²) in [6.07, 6.45) is -2.54. The topological polar surface area (TPSA) is 56.1 Å². The Kier molecular flexibility index (Phi) is 5.23. The zero-order valence-corrected chi connectivity index (χ0v) is 15.8. The van der Waals surface area contributed by atoms with Gasteiger partial charge in [0.05, 0.1) is 12.8 Å². The molecule has 1 saturated heterocycles. The van der Waals surface area contributed by atoms with Crippen molar-refractivity contribution in [1.29, 1.82) is 0 Å². The second-order valence-electron chi connectivity index (χ2n) is 6.95. The van der Waals surface area contributed by atoms with Gasteiger partial charge in [0.1, 0.15) is 5.75 Å². The Morgan fingerprint density at radius 1 is 1.14 bits per heavy atom. The first-order valence-corrected chi connectivity index (χ1v) is 9.29. The van der Waals surface area contributed by atoms with Crippen LogP contribution in [0.3, 0.4) is 0 Å². The van der Waals surface area contributed by atoms with Crippen LogP contribution in [0, 0.1) is 0 Å². The summed E-state index contributed by atoms with van der Waals surface area (Å²) in [5, 5.41) is 9.84. The van der Waals surface area contributed by atoms with E-state index in [9.17, 15) is 13.2 Å². The second kappa shape index (κ2) is 7.82. The third kappa shape index (κ3) is 3.95. The van der Waals surface area contributed by atoms with Crippen LogP contribution in [0.5, 0.6) is 5.75 Å². The van der Waals surface area contributed by atoms with Crippen molar-refractivity contribution in [2.75, 3.05) is 13.7 Å². The number of tetrazole rings is 1. The Morgan fingerprint density at radius 2 is 1.93 bits per heavy atom. The minimum absolute atomic E-state index is 0.244. The minimum Gasteiger partial charge on any atom is -0.496 e. The van der Waals surface area contributed by atoms with Crippen molar-refractivity contribution in [1.82, 2.24) is 25.1 Å². The summed E-state index contributed by atoms with van der Waals surface area (Å²) in [7, 11) is 1.55. The van der Waals surface area contributed by atoms with E-state index in [0.717, 1.165) is 24.9 Å². The van der Waals surface area contributed by atoms with Gasteiger partial charge < -0.3 is 4.74 Å². The molecule has 1 aliphatic heterocycles. The molecular formula is C20H20F3N5O. The van der Waals surface area contributed by atoms with Crippen molar-refractivity contribution in [3.05, 3.63) is 65.5 Å². The summed E-state index contributed by atoms with van der Waals surface area (Å²) in [5.41, 5.74) is 2.27. The highest BCUT2D eigenvalue weighted by Gasteiger charge is 2.38. The smallest absolute Gasteiger partial charge is 0.453 e. The molecule has 152 valence electrons. The lowest BCUT2D eigenvalue weighted by Gasteiger charge is -2.26. The van der Waals surface area contributed by atoms with Crippen LogP contribution in [0.2, 0.25) is 0 Å². The SMILES string of the molecule is COc1ccc(-n2nnnc2C(F)(F)F)cc1CN1CCCC1c1ccccc1. The first-order chi connectivity index (χ1) is 14.0. The number of methoxy groups -OCH3 is 1. The van der Waals surface area contributed by atoms with Crippen LogP contribution in [0.25, 0.3) is 5.69 Å². The summed E-state index contributed by atoms with van der Waals surface area (Å²) in [6, 6.07) is 15.3. The van der Waals surface area contributed by atoms with Crippen molar-refractivity contribution in [2.24, 2.45) is 0 Å². The number of alkyl halides is 3. The van der Waals surface area contributed by atoms with Crippen molar-refractivity contribution < 1.29 is 17.9 Å². The van der Waals surface area contributed by atoms with Gasteiger partial charge in [0.15, 0.2) is 0 Å². The van der Waals surface area contributed by atoms with Gasteiger partial charge in [0, 0.05) is 18.2 Å². The van der Waals surface area contributed by atoms with Crippen molar-refractivity contribution in [3.8, 4) is 11.4 Å². The normalized spacial score (nSPS) is 17.6. The molecule has 6 nitrogen and oxygen atoms in total. The van der Waals surface area contributed by atoms with Gasteiger partial charge in [-0.3, -0.25) is 4.90 Å². The van der Waals surface area contributed by atoms with Gasteiger partial charge in [-0.25, -0.2) is 0 Å². The van der Waals surface area contributed by atoms with E-state index >= 15 is 0 Å². The second-order valence-corrected chi connectivity index (χ2v) is 6.95. The Bertz CT molecular complexity index is 974. The number of aromatic nitrogens is 4. The molecule has 0 bridgehead atoms. The molecule has 0 saturated carbocycles. The summed E-state index contributed by atoms with van der Waals surface area (Å²) in [6.45, 7) is 1.46. The van der Waals surface area contributed by atoms with Crippen LogP contribution in [0.4, 0.5) is 13.2 Å². The first kappa shape index (κ1) is 19.4. The molecule has 2 heterocycles. The third-order valence-corrected chi connectivity index (χ3v) is 5.15. The van der Waals surface area contributed by atoms with Crippen LogP contribution in [-0.2, 0) is 12.7 Å². The third-order valence-electron chi connectivity index (χ3n) is 5.15. The maximum absolute atomic E-state index is 13.2. The van der Waals surface area contributed by atoms with Crippen LogP contribution in [0.15, 0.2) is 48.5 Å². The number of hydrogen-bond donors (Lipinski definition) is 0. The van der Waals surface area contributed by atoms with Crippen molar-refractivity contribution in [2.45, 2.75) is 31.6 Å².